The summed E-state index contributed by atoms with van der Waals surface area (Å²) in [6.07, 6.45) is 4.02. The summed E-state index contributed by atoms with van der Waals surface area (Å²) in [6, 6.07) is 12.6. The Hall–Kier alpha value is -1.79. The third-order valence-electron chi connectivity index (χ3n) is 3.14. The molecule has 1 aromatic carbocycles. The summed E-state index contributed by atoms with van der Waals surface area (Å²) in [7, 11) is 0. The van der Waals surface area contributed by atoms with Gasteiger partial charge in [-0.1, -0.05) is 42.1 Å². The Morgan fingerprint density at radius 3 is 2.57 bits per heavy atom. The van der Waals surface area contributed by atoms with Gasteiger partial charge in [-0.2, -0.15) is 0 Å². The van der Waals surface area contributed by atoms with Crippen LogP contribution < -0.4 is 16.6 Å². The van der Waals surface area contributed by atoms with Crippen molar-refractivity contribution in [2.24, 2.45) is 5.84 Å². The summed E-state index contributed by atoms with van der Waals surface area (Å²) in [5.74, 6) is 6.84. The van der Waals surface area contributed by atoms with Crippen LogP contribution in [0.3, 0.4) is 0 Å². The average Bonchev–Trinajstić information content (AvgIpc) is 2.53. The molecule has 1 atom stereocenters. The fourth-order valence-electron chi connectivity index (χ4n) is 2.02. The number of nitrogens with one attached hydrogen (secondary N) is 2. The molecule has 0 aliphatic carbocycles. The first-order valence-electron chi connectivity index (χ1n) is 6.91. The molecule has 0 bridgehead atoms. The molecule has 0 spiro atoms. The van der Waals surface area contributed by atoms with Gasteiger partial charge >= 0.3 is 0 Å². The van der Waals surface area contributed by atoms with Crippen molar-refractivity contribution < 1.29 is 0 Å². The molecule has 4 N–H and O–H groups in total. The van der Waals surface area contributed by atoms with E-state index in [9.17, 15) is 0 Å². The standard InChI is InChI=1S/C15H21N5S/c1-11(8-9-12-6-4-3-5-7-12)17-13-10-14(20-16)19-15(18-13)21-2/h3-7,10-11H,8-9,16H2,1-2H3,(H2,17,18,19,20). The molecule has 5 nitrogen and oxygen atoms in total. The molecule has 21 heavy (non-hydrogen) atoms. The molecule has 0 amide bonds. The van der Waals surface area contributed by atoms with E-state index in [-0.39, 0.29) is 0 Å². The Morgan fingerprint density at radius 2 is 1.90 bits per heavy atom. The smallest absolute Gasteiger partial charge is 0.191 e. The van der Waals surface area contributed by atoms with Crippen LogP contribution in [0.25, 0.3) is 0 Å². The number of rotatable bonds is 7. The minimum absolute atomic E-state index is 0.320. The van der Waals surface area contributed by atoms with E-state index in [0.29, 0.717) is 17.0 Å². The minimum Gasteiger partial charge on any atom is -0.367 e. The Balaban J connectivity index is 1.94. The predicted molar refractivity (Wildman–Crippen MR) is 89.5 cm³/mol. The highest BCUT2D eigenvalue weighted by molar-refractivity contribution is 7.98. The second-order valence-corrected chi connectivity index (χ2v) is 5.61. The number of hydrazine groups is 1. The number of nitrogen functional groups attached to an aromatic ring is 1. The number of nitrogens with two attached hydrogens (primary N) is 1. The van der Waals surface area contributed by atoms with Crippen molar-refractivity contribution in [3.8, 4) is 0 Å². The first-order valence-corrected chi connectivity index (χ1v) is 8.14. The summed E-state index contributed by atoms with van der Waals surface area (Å²) in [4.78, 5) is 8.69. The van der Waals surface area contributed by atoms with Crippen LogP contribution in [-0.4, -0.2) is 22.3 Å². The van der Waals surface area contributed by atoms with Gasteiger partial charge in [-0.05, 0) is 31.6 Å². The number of hydrogen-bond donors (Lipinski definition) is 3. The number of anilines is 2. The largest absolute Gasteiger partial charge is 0.367 e. The van der Waals surface area contributed by atoms with Gasteiger partial charge in [-0.15, -0.1) is 0 Å². The first kappa shape index (κ1) is 15.6. The van der Waals surface area contributed by atoms with Gasteiger partial charge in [0.15, 0.2) is 5.16 Å². The number of aromatic nitrogens is 2. The zero-order valence-electron chi connectivity index (χ0n) is 12.3. The van der Waals surface area contributed by atoms with Gasteiger partial charge in [0.2, 0.25) is 0 Å². The lowest BCUT2D eigenvalue weighted by molar-refractivity contribution is 0.700. The van der Waals surface area contributed by atoms with Crippen molar-refractivity contribution in [1.82, 2.24) is 9.97 Å². The Morgan fingerprint density at radius 1 is 1.19 bits per heavy atom. The summed E-state index contributed by atoms with van der Waals surface area (Å²) < 4.78 is 0. The maximum atomic E-state index is 5.43. The lowest BCUT2D eigenvalue weighted by Crippen LogP contribution is -2.18. The van der Waals surface area contributed by atoms with Crippen molar-refractivity contribution in [2.45, 2.75) is 31.0 Å². The predicted octanol–water partition coefficient (Wildman–Crippen LogP) is 2.92. The molecule has 0 fully saturated rings. The van der Waals surface area contributed by atoms with E-state index in [1.807, 2.05) is 18.4 Å². The normalized spacial score (nSPS) is 12.0. The molecule has 0 saturated heterocycles. The molecule has 2 rings (SSSR count). The lowest BCUT2D eigenvalue weighted by Gasteiger charge is -2.15. The van der Waals surface area contributed by atoms with Crippen LogP contribution in [0.4, 0.5) is 11.6 Å². The Kier molecular flexibility index (Phi) is 5.83. The van der Waals surface area contributed by atoms with Crippen molar-refractivity contribution in [1.29, 1.82) is 0 Å². The number of aryl methyl sites for hydroxylation is 1. The number of nitrogens with zero attached hydrogens (tertiary/aromatic N) is 2. The molecular formula is C15H21N5S. The van der Waals surface area contributed by atoms with E-state index < -0.39 is 0 Å². The van der Waals surface area contributed by atoms with Gasteiger partial charge in [0.1, 0.15) is 11.6 Å². The highest BCUT2D eigenvalue weighted by Crippen LogP contribution is 2.18. The molecule has 1 unspecified atom stereocenters. The summed E-state index contributed by atoms with van der Waals surface area (Å²) >= 11 is 1.49. The average molecular weight is 303 g/mol. The van der Waals surface area contributed by atoms with Gasteiger partial charge in [-0.25, -0.2) is 15.8 Å². The molecule has 2 aromatic rings. The van der Waals surface area contributed by atoms with Crippen molar-refractivity contribution in [2.75, 3.05) is 17.0 Å². The Labute approximate surface area is 129 Å². The molecule has 0 saturated carbocycles. The zero-order chi connectivity index (χ0) is 15.1. The zero-order valence-corrected chi connectivity index (χ0v) is 13.2. The van der Waals surface area contributed by atoms with E-state index in [0.717, 1.165) is 18.7 Å². The van der Waals surface area contributed by atoms with Crippen LogP contribution in [0, 0.1) is 0 Å². The van der Waals surface area contributed by atoms with Gasteiger partial charge in [0.05, 0.1) is 0 Å². The van der Waals surface area contributed by atoms with Crippen LogP contribution in [-0.2, 0) is 6.42 Å². The monoisotopic (exact) mass is 303 g/mol. The molecular weight excluding hydrogens is 282 g/mol. The quantitative estimate of drug-likeness (QED) is 0.316. The Bertz CT molecular complexity index is 539. The van der Waals surface area contributed by atoms with Gasteiger partial charge in [0, 0.05) is 12.1 Å². The summed E-state index contributed by atoms with van der Waals surface area (Å²) in [5.41, 5.74) is 3.92. The second-order valence-electron chi connectivity index (χ2n) is 4.84. The molecule has 6 heteroatoms. The number of hydrogen-bond acceptors (Lipinski definition) is 6. The van der Waals surface area contributed by atoms with Gasteiger partial charge < -0.3 is 10.7 Å². The topological polar surface area (TPSA) is 75.9 Å². The molecule has 112 valence electrons. The van der Waals surface area contributed by atoms with Crippen molar-refractivity contribution in [3.05, 3.63) is 42.0 Å². The summed E-state index contributed by atoms with van der Waals surface area (Å²) in [5, 5.41) is 4.10. The second kappa shape index (κ2) is 7.85. The molecule has 0 radical (unpaired) electrons. The van der Waals surface area contributed by atoms with Crippen molar-refractivity contribution in [3.63, 3.8) is 0 Å². The van der Waals surface area contributed by atoms with Crippen LogP contribution in [0.15, 0.2) is 41.6 Å². The highest BCUT2D eigenvalue weighted by atomic mass is 32.2. The highest BCUT2D eigenvalue weighted by Gasteiger charge is 2.07. The van der Waals surface area contributed by atoms with Crippen LogP contribution in [0.2, 0.25) is 0 Å². The molecule has 0 aliphatic rings. The van der Waals surface area contributed by atoms with Crippen LogP contribution in [0.1, 0.15) is 18.9 Å². The lowest BCUT2D eigenvalue weighted by atomic mass is 10.1. The van der Waals surface area contributed by atoms with Crippen LogP contribution in [0.5, 0.6) is 0 Å². The van der Waals surface area contributed by atoms with E-state index in [1.165, 1.54) is 17.3 Å². The third-order valence-corrected chi connectivity index (χ3v) is 3.69. The fourth-order valence-corrected chi connectivity index (χ4v) is 2.40. The maximum absolute atomic E-state index is 5.43. The third kappa shape index (κ3) is 4.91. The van der Waals surface area contributed by atoms with Crippen molar-refractivity contribution >= 4 is 23.4 Å². The van der Waals surface area contributed by atoms with E-state index in [4.69, 9.17) is 5.84 Å². The van der Waals surface area contributed by atoms with Gasteiger partial charge in [-0.3, -0.25) is 0 Å². The minimum atomic E-state index is 0.320. The van der Waals surface area contributed by atoms with Gasteiger partial charge in [0.25, 0.3) is 0 Å². The SMILES string of the molecule is CSc1nc(NN)cc(NC(C)CCc2ccccc2)n1. The first-order chi connectivity index (χ1) is 10.2. The summed E-state index contributed by atoms with van der Waals surface area (Å²) in [6.45, 7) is 2.15. The fraction of sp³-hybridized carbons (Fsp3) is 0.333. The maximum Gasteiger partial charge on any atom is 0.191 e. The van der Waals surface area contributed by atoms with Crippen LogP contribution >= 0.6 is 11.8 Å². The number of benzene rings is 1. The molecule has 1 heterocycles. The molecule has 1 aromatic heterocycles. The van der Waals surface area contributed by atoms with E-state index in [1.54, 1.807) is 0 Å². The molecule has 0 aliphatic heterocycles. The van der Waals surface area contributed by atoms with E-state index in [2.05, 4.69) is 51.9 Å². The van der Waals surface area contributed by atoms with E-state index >= 15 is 0 Å². The number of thioether (sulfide) groups is 1.